The molecule has 2 aromatic carbocycles. The molecule has 6 nitrogen and oxygen atoms in total. The van der Waals surface area contributed by atoms with E-state index in [1.54, 1.807) is 12.1 Å². The van der Waals surface area contributed by atoms with Gasteiger partial charge in [0.1, 0.15) is 11.5 Å². The van der Waals surface area contributed by atoms with Crippen LogP contribution in [0.1, 0.15) is 30.5 Å². The van der Waals surface area contributed by atoms with Gasteiger partial charge in [0.05, 0.1) is 20.3 Å². The first kappa shape index (κ1) is 23.4. The summed E-state index contributed by atoms with van der Waals surface area (Å²) in [6.07, 6.45) is 0. The van der Waals surface area contributed by atoms with Gasteiger partial charge in [-0.3, -0.25) is 0 Å². The van der Waals surface area contributed by atoms with Gasteiger partial charge in [0, 0.05) is 25.3 Å². The van der Waals surface area contributed by atoms with Crippen molar-refractivity contribution in [2.45, 2.75) is 40.2 Å². The molecule has 0 aromatic heterocycles. The Bertz CT molecular complexity index is 799. The van der Waals surface area contributed by atoms with Crippen LogP contribution in [0.4, 0.5) is 8.78 Å². The maximum atomic E-state index is 12.7. The molecule has 0 aliphatic heterocycles. The summed E-state index contributed by atoms with van der Waals surface area (Å²) in [6.45, 7) is 3.68. The second kappa shape index (κ2) is 12.6. The van der Waals surface area contributed by atoms with Gasteiger partial charge >= 0.3 is 6.61 Å². The Balaban J connectivity index is 2.04. The number of guanidine groups is 1. The lowest BCUT2D eigenvalue weighted by molar-refractivity contribution is -0.0504. The SMILES string of the molecule is CCNC(=NCc1ccc(COCC)cc1)NCc1cc(OC)ccc1OC(F)F. The Labute approximate surface area is 176 Å². The molecule has 0 radical (unpaired) electrons. The molecule has 2 rings (SSSR count). The maximum Gasteiger partial charge on any atom is 0.387 e. The van der Waals surface area contributed by atoms with E-state index >= 15 is 0 Å². The largest absolute Gasteiger partial charge is 0.497 e. The fraction of sp³-hybridized carbons (Fsp3) is 0.409. The standard InChI is InChI=1S/C22H29F2N3O3/c1-4-25-22(26-13-16-6-8-17(9-7-16)15-29-5-2)27-14-18-12-19(28-3)10-11-20(18)30-21(23)24/h6-12,21H,4-5,13-15H2,1-3H3,(H2,25,26,27). The third kappa shape index (κ3) is 7.87. The second-order valence-corrected chi connectivity index (χ2v) is 6.35. The molecule has 0 heterocycles. The lowest BCUT2D eigenvalue weighted by Crippen LogP contribution is -2.36. The van der Waals surface area contributed by atoms with Gasteiger partial charge in [0.15, 0.2) is 5.96 Å². The molecule has 0 atom stereocenters. The molecule has 8 heteroatoms. The zero-order chi connectivity index (χ0) is 21.8. The third-order valence-corrected chi connectivity index (χ3v) is 4.19. The van der Waals surface area contributed by atoms with Crippen LogP contribution in [0.15, 0.2) is 47.5 Å². The normalized spacial score (nSPS) is 11.5. The van der Waals surface area contributed by atoms with Crippen molar-refractivity contribution >= 4 is 5.96 Å². The molecule has 30 heavy (non-hydrogen) atoms. The van der Waals surface area contributed by atoms with Crippen molar-refractivity contribution < 1.29 is 23.0 Å². The van der Waals surface area contributed by atoms with Crippen molar-refractivity contribution in [2.24, 2.45) is 4.99 Å². The van der Waals surface area contributed by atoms with Gasteiger partial charge in [-0.15, -0.1) is 0 Å². The summed E-state index contributed by atoms with van der Waals surface area (Å²) in [7, 11) is 1.52. The minimum Gasteiger partial charge on any atom is -0.497 e. The maximum absolute atomic E-state index is 12.7. The van der Waals surface area contributed by atoms with Crippen molar-refractivity contribution in [1.82, 2.24) is 10.6 Å². The molecule has 0 saturated carbocycles. The van der Waals surface area contributed by atoms with E-state index in [2.05, 4.69) is 20.4 Å². The fourth-order valence-electron chi connectivity index (χ4n) is 2.68. The van der Waals surface area contributed by atoms with Crippen LogP contribution in [0.25, 0.3) is 0 Å². The van der Waals surface area contributed by atoms with Crippen LogP contribution < -0.4 is 20.1 Å². The van der Waals surface area contributed by atoms with Crippen LogP contribution in [0, 0.1) is 0 Å². The van der Waals surface area contributed by atoms with Crippen molar-refractivity contribution in [2.75, 3.05) is 20.3 Å². The van der Waals surface area contributed by atoms with Crippen LogP contribution in [-0.2, 0) is 24.4 Å². The van der Waals surface area contributed by atoms with Crippen molar-refractivity contribution in [1.29, 1.82) is 0 Å². The minimum absolute atomic E-state index is 0.0963. The summed E-state index contributed by atoms with van der Waals surface area (Å²) in [6, 6.07) is 12.8. The number of halogens is 2. The van der Waals surface area contributed by atoms with E-state index in [0.717, 1.165) is 11.1 Å². The summed E-state index contributed by atoms with van der Waals surface area (Å²) < 4.78 is 40.6. The average molecular weight is 421 g/mol. The molecular weight excluding hydrogens is 392 g/mol. The monoisotopic (exact) mass is 421 g/mol. The molecular formula is C22H29F2N3O3. The summed E-state index contributed by atoms with van der Waals surface area (Å²) in [4.78, 5) is 4.57. The van der Waals surface area contributed by atoms with E-state index in [4.69, 9.17) is 9.47 Å². The van der Waals surface area contributed by atoms with Crippen molar-refractivity contribution in [3.8, 4) is 11.5 Å². The van der Waals surface area contributed by atoms with Crippen LogP contribution in [0.3, 0.4) is 0 Å². The van der Waals surface area contributed by atoms with Crippen molar-refractivity contribution in [3.63, 3.8) is 0 Å². The van der Waals surface area contributed by atoms with Crippen LogP contribution in [0.2, 0.25) is 0 Å². The fourth-order valence-corrected chi connectivity index (χ4v) is 2.68. The van der Waals surface area contributed by atoms with Gasteiger partial charge in [-0.05, 0) is 43.2 Å². The van der Waals surface area contributed by atoms with E-state index in [1.807, 2.05) is 38.1 Å². The van der Waals surface area contributed by atoms with Gasteiger partial charge in [-0.1, -0.05) is 24.3 Å². The molecule has 0 spiro atoms. The number of benzene rings is 2. The molecule has 0 aliphatic rings. The van der Waals surface area contributed by atoms with Gasteiger partial charge < -0.3 is 24.8 Å². The van der Waals surface area contributed by atoms with Gasteiger partial charge in [0.2, 0.25) is 0 Å². The highest BCUT2D eigenvalue weighted by atomic mass is 19.3. The third-order valence-electron chi connectivity index (χ3n) is 4.19. The molecule has 0 amide bonds. The van der Waals surface area contributed by atoms with E-state index < -0.39 is 6.61 Å². The Hall–Kier alpha value is -2.87. The van der Waals surface area contributed by atoms with Crippen molar-refractivity contribution in [3.05, 3.63) is 59.2 Å². The Morgan fingerprint density at radius 2 is 1.77 bits per heavy atom. The zero-order valence-electron chi connectivity index (χ0n) is 17.6. The molecule has 164 valence electrons. The average Bonchev–Trinajstić information content (AvgIpc) is 2.75. The minimum atomic E-state index is -2.90. The number of hydrogen-bond donors (Lipinski definition) is 2. The lowest BCUT2D eigenvalue weighted by atomic mass is 10.1. The second-order valence-electron chi connectivity index (χ2n) is 6.35. The van der Waals surface area contributed by atoms with Crippen LogP contribution >= 0.6 is 0 Å². The highest BCUT2D eigenvalue weighted by Crippen LogP contribution is 2.25. The van der Waals surface area contributed by atoms with E-state index in [0.29, 0.717) is 43.6 Å². The Morgan fingerprint density at radius 1 is 1.03 bits per heavy atom. The number of nitrogens with zero attached hydrogens (tertiary/aromatic N) is 1. The summed E-state index contributed by atoms with van der Waals surface area (Å²) >= 11 is 0. The lowest BCUT2D eigenvalue weighted by Gasteiger charge is -2.15. The molecule has 0 fully saturated rings. The summed E-state index contributed by atoms with van der Waals surface area (Å²) in [5, 5.41) is 6.30. The van der Waals surface area contributed by atoms with Crippen LogP contribution in [-0.4, -0.2) is 32.8 Å². The smallest absolute Gasteiger partial charge is 0.387 e. The number of aliphatic imine (C=N–C) groups is 1. The number of rotatable bonds is 11. The van der Waals surface area contributed by atoms with Gasteiger partial charge in [-0.2, -0.15) is 8.78 Å². The van der Waals surface area contributed by atoms with Gasteiger partial charge in [-0.25, -0.2) is 4.99 Å². The quantitative estimate of drug-likeness (QED) is 0.423. The predicted molar refractivity (Wildman–Crippen MR) is 113 cm³/mol. The van der Waals surface area contributed by atoms with Gasteiger partial charge in [0.25, 0.3) is 0 Å². The summed E-state index contributed by atoms with van der Waals surface area (Å²) in [5.41, 5.74) is 2.70. The van der Waals surface area contributed by atoms with E-state index in [-0.39, 0.29) is 12.3 Å². The molecule has 0 unspecified atom stereocenters. The molecule has 0 bridgehead atoms. The highest BCUT2D eigenvalue weighted by Gasteiger charge is 2.11. The number of alkyl halides is 2. The molecule has 2 N–H and O–H groups in total. The molecule has 0 saturated heterocycles. The highest BCUT2D eigenvalue weighted by molar-refractivity contribution is 5.79. The first-order chi connectivity index (χ1) is 14.5. The number of nitrogens with one attached hydrogen (secondary N) is 2. The zero-order valence-corrected chi connectivity index (χ0v) is 17.6. The summed E-state index contributed by atoms with van der Waals surface area (Å²) in [5.74, 6) is 1.23. The molecule has 2 aromatic rings. The first-order valence-electron chi connectivity index (χ1n) is 9.85. The first-order valence-corrected chi connectivity index (χ1v) is 9.85. The van der Waals surface area contributed by atoms with E-state index in [1.165, 1.54) is 13.2 Å². The molecule has 0 aliphatic carbocycles. The topological polar surface area (TPSA) is 64.1 Å². The Kier molecular flexibility index (Phi) is 9.86. The number of hydrogen-bond acceptors (Lipinski definition) is 4. The predicted octanol–water partition coefficient (Wildman–Crippen LogP) is 4.09. The number of methoxy groups -OCH3 is 1. The van der Waals surface area contributed by atoms with Crippen LogP contribution in [0.5, 0.6) is 11.5 Å². The van der Waals surface area contributed by atoms with E-state index in [9.17, 15) is 8.78 Å². The Morgan fingerprint density at radius 3 is 2.40 bits per heavy atom. The number of ether oxygens (including phenoxy) is 3.